The Balaban J connectivity index is 0.00000289. The van der Waals surface area contributed by atoms with E-state index in [2.05, 4.69) is 16.9 Å². The molecule has 0 aliphatic rings. The summed E-state index contributed by atoms with van der Waals surface area (Å²) in [6, 6.07) is 3.32. The fraction of sp³-hybridized carbons (Fsp3) is 0.300. The minimum absolute atomic E-state index is 0. The van der Waals surface area contributed by atoms with E-state index in [1.807, 2.05) is 0 Å². The van der Waals surface area contributed by atoms with Crippen molar-refractivity contribution in [3.05, 3.63) is 29.7 Å². The number of nitrogens with one attached hydrogen (secondary N) is 1. The molecule has 1 rings (SSSR count). The summed E-state index contributed by atoms with van der Waals surface area (Å²) in [4.78, 5) is 4.93. The SMILES string of the molecule is C=CCNC(N)=NCc1ccc(S(C)(=O)=O)s1.I. The summed E-state index contributed by atoms with van der Waals surface area (Å²) in [6.07, 6.45) is 2.86. The molecule has 3 N–H and O–H groups in total. The smallest absolute Gasteiger partial charge is 0.189 e. The zero-order valence-electron chi connectivity index (χ0n) is 9.92. The standard InChI is InChI=1S/C10H15N3O2S2.HI/c1-3-6-12-10(11)13-7-8-4-5-9(16-8)17(2,14)15;/h3-5H,1,6-7H2,2H3,(H3,11,12,13);1H. The molecule has 0 unspecified atom stereocenters. The first kappa shape index (κ1) is 17.4. The predicted molar refractivity (Wildman–Crippen MR) is 86.4 cm³/mol. The number of guanidine groups is 1. The van der Waals surface area contributed by atoms with Crippen LogP contribution in [0.3, 0.4) is 0 Å². The van der Waals surface area contributed by atoms with E-state index in [1.54, 1.807) is 18.2 Å². The molecule has 1 aromatic rings. The van der Waals surface area contributed by atoms with Crippen molar-refractivity contribution in [3.8, 4) is 0 Å². The molecular weight excluding hydrogens is 385 g/mol. The summed E-state index contributed by atoms with van der Waals surface area (Å²) in [7, 11) is -3.12. The number of nitrogens with two attached hydrogens (primary N) is 1. The summed E-state index contributed by atoms with van der Waals surface area (Å²) < 4.78 is 22.9. The van der Waals surface area contributed by atoms with Crippen LogP contribution in [0.2, 0.25) is 0 Å². The highest BCUT2D eigenvalue weighted by Gasteiger charge is 2.09. The third kappa shape index (κ3) is 5.83. The van der Waals surface area contributed by atoms with Crippen molar-refractivity contribution in [2.24, 2.45) is 10.7 Å². The van der Waals surface area contributed by atoms with Crippen LogP contribution < -0.4 is 11.1 Å². The Bertz CT molecular complexity index is 523. The Hall–Kier alpha value is -0.610. The molecule has 0 saturated carbocycles. The van der Waals surface area contributed by atoms with Gasteiger partial charge in [-0.3, -0.25) is 0 Å². The summed E-state index contributed by atoms with van der Waals surface area (Å²) in [5.74, 6) is 0.319. The first-order valence-electron chi connectivity index (χ1n) is 4.87. The summed E-state index contributed by atoms with van der Waals surface area (Å²) >= 11 is 1.21. The molecule has 0 atom stereocenters. The fourth-order valence-electron chi connectivity index (χ4n) is 1.04. The van der Waals surface area contributed by atoms with E-state index in [0.29, 0.717) is 23.3 Å². The lowest BCUT2D eigenvalue weighted by Crippen LogP contribution is -2.31. The lowest BCUT2D eigenvalue weighted by Gasteiger charge is -2.00. The van der Waals surface area contributed by atoms with Gasteiger partial charge in [0.2, 0.25) is 0 Å². The fourth-order valence-corrected chi connectivity index (χ4v) is 2.94. The Morgan fingerprint density at radius 1 is 1.61 bits per heavy atom. The molecule has 0 bridgehead atoms. The van der Waals surface area contributed by atoms with Gasteiger partial charge >= 0.3 is 0 Å². The molecule has 1 heterocycles. The molecule has 0 saturated heterocycles. The van der Waals surface area contributed by atoms with E-state index in [0.717, 1.165) is 4.88 Å². The van der Waals surface area contributed by atoms with Crippen molar-refractivity contribution in [2.75, 3.05) is 12.8 Å². The lowest BCUT2D eigenvalue weighted by atomic mass is 10.5. The van der Waals surface area contributed by atoms with Gasteiger partial charge in [0, 0.05) is 17.7 Å². The predicted octanol–water partition coefficient (Wildman–Crippen LogP) is 1.36. The number of hydrogen-bond acceptors (Lipinski definition) is 4. The number of halogens is 1. The normalized spacial score (nSPS) is 11.7. The van der Waals surface area contributed by atoms with Crippen LogP contribution in [0.25, 0.3) is 0 Å². The van der Waals surface area contributed by atoms with E-state index in [-0.39, 0.29) is 24.0 Å². The zero-order chi connectivity index (χ0) is 12.9. The number of hydrogen-bond donors (Lipinski definition) is 2. The highest BCUT2D eigenvalue weighted by Crippen LogP contribution is 2.21. The van der Waals surface area contributed by atoms with Crippen LogP contribution in [0.1, 0.15) is 4.88 Å². The van der Waals surface area contributed by atoms with Gasteiger partial charge in [-0.2, -0.15) is 0 Å². The van der Waals surface area contributed by atoms with Crippen LogP contribution in [0.5, 0.6) is 0 Å². The van der Waals surface area contributed by atoms with E-state index in [9.17, 15) is 8.42 Å². The van der Waals surface area contributed by atoms with Gasteiger partial charge in [0.1, 0.15) is 4.21 Å². The molecular formula is C10H16IN3O2S2. The summed E-state index contributed by atoms with van der Waals surface area (Å²) in [6.45, 7) is 4.46. The summed E-state index contributed by atoms with van der Waals surface area (Å²) in [5.41, 5.74) is 5.58. The molecule has 0 fully saturated rings. The van der Waals surface area contributed by atoms with Crippen LogP contribution in [0, 0.1) is 0 Å². The lowest BCUT2D eigenvalue weighted by molar-refractivity contribution is 0.604. The Morgan fingerprint density at radius 2 is 2.28 bits per heavy atom. The maximum atomic E-state index is 11.3. The van der Waals surface area contributed by atoms with Crippen molar-refractivity contribution < 1.29 is 8.42 Å². The molecule has 0 radical (unpaired) electrons. The molecule has 8 heteroatoms. The van der Waals surface area contributed by atoms with Gasteiger partial charge < -0.3 is 11.1 Å². The zero-order valence-corrected chi connectivity index (χ0v) is 13.9. The first-order chi connectivity index (χ1) is 7.93. The minimum Gasteiger partial charge on any atom is -0.370 e. The second-order valence-electron chi connectivity index (χ2n) is 3.36. The van der Waals surface area contributed by atoms with Crippen LogP contribution in [-0.2, 0) is 16.4 Å². The molecule has 0 aromatic carbocycles. The van der Waals surface area contributed by atoms with Crippen LogP contribution in [-0.4, -0.2) is 27.2 Å². The molecule has 102 valence electrons. The third-order valence-electron chi connectivity index (χ3n) is 1.84. The Kier molecular flexibility index (Phi) is 7.48. The average Bonchev–Trinajstić information content (AvgIpc) is 2.71. The van der Waals surface area contributed by atoms with Gasteiger partial charge in [-0.25, -0.2) is 13.4 Å². The molecule has 18 heavy (non-hydrogen) atoms. The van der Waals surface area contributed by atoms with Gasteiger partial charge in [-0.05, 0) is 12.1 Å². The van der Waals surface area contributed by atoms with Gasteiger partial charge in [-0.1, -0.05) is 6.08 Å². The van der Waals surface area contributed by atoms with Crippen LogP contribution in [0.15, 0.2) is 34.0 Å². The molecule has 0 spiro atoms. The molecule has 0 aliphatic carbocycles. The van der Waals surface area contributed by atoms with E-state index in [4.69, 9.17) is 5.73 Å². The maximum Gasteiger partial charge on any atom is 0.189 e. The second kappa shape index (κ2) is 7.74. The Labute approximate surface area is 128 Å². The Morgan fingerprint density at radius 3 is 2.78 bits per heavy atom. The first-order valence-corrected chi connectivity index (χ1v) is 7.57. The summed E-state index contributed by atoms with van der Waals surface area (Å²) in [5, 5.41) is 2.84. The number of thiophene rings is 1. The van der Waals surface area contributed by atoms with E-state index in [1.165, 1.54) is 17.6 Å². The monoisotopic (exact) mass is 401 g/mol. The molecule has 1 aromatic heterocycles. The highest BCUT2D eigenvalue weighted by molar-refractivity contribution is 14.0. The van der Waals surface area contributed by atoms with Crippen molar-refractivity contribution in [2.45, 2.75) is 10.8 Å². The molecule has 5 nitrogen and oxygen atoms in total. The number of rotatable bonds is 5. The van der Waals surface area contributed by atoms with Crippen LogP contribution >= 0.6 is 35.3 Å². The quantitative estimate of drug-likeness (QED) is 0.338. The van der Waals surface area contributed by atoms with Crippen molar-refractivity contribution >= 4 is 51.1 Å². The third-order valence-corrected chi connectivity index (χ3v) is 4.73. The second-order valence-corrected chi connectivity index (χ2v) is 6.77. The molecule has 0 aliphatic heterocycles. The number of nitrogens with zero attached hydrogens (tertiary/aromatic N) is 1. The van der Waals surface area contributed by atoms with Crippen molar-refractivity contribution in [1.82, 2.24) is 5.32 Å². The maximum absolute atomic E-state index is 11.3. The van der Waals surface area contributed by atoms with E-state index < -0.39 is 9.84 Å². The van der Waals surface area contributed by atoms with Crippen molar-refractivity contribution in [1.29, 1.82) is 0 Å². The number of aliphatic imine (C=N–C) groups is 1. The highest BCUT2D eigenvalue weighted by atomic mass is 127. The largest absolute Gasteiger partial charge is 0.370 e. The van der Waals surface area contributed by atoms with E-state index >= 15 is 0 Å². The number of sulfone groups is 1. The topological polar surface area (TPSA) is 84.5 Å². The van der Waals surface area contributed by atoms with Crippen molar-refractivity contribution in [3.63, 3.8) is 0 Å². The van der Waals surface area contributed by atoms with Gasteiger partial charge in [0.15, 0.2) is 15.8 Å². The average molecular weight is 401 g/mol. The van der Waals surface area contributed by atoms with Gasteiger partial charge in [0.05, 0.1) is 6.54 Å². The van der Waals surface area contributed by atoms with Gasteiger partial charge in [0.25, 0.3) is 0 Å². The molecule has 0 amide bonds. The van der Waals surface area contributed by atoms with Crippen LogP contribution in [0.4, 0.5) is 0 Å². The van der Waals surface area contributed by atoms with Gasteiger partial charge in [-0.15, -0.1) is 41.9 Å². The minimum atomic E-state index is -3.12.